The van der Waals surface area contributed by atoms with E-state index in [0.29, 0.717) is 18.0 Å². The molecule has 5 rings (SSSR count). The number of carbonyl (C=O) groups excluding carboxylic acids is 1. The quantitative estimate of drug-likeness (QED) is 0.334. The molecule has 1 aromatic heterocycles. The lowest BCUT2D eigenvalue weighted by Gasteiger charge is -2.37. The zero-order valence-corrected chi connectivity index (χ0v) is 26.4. The maximum Gasteiger partial charge on any atom is 0.253 e. The van der Waals surface area contributed by atoms with Crippen LogP contribution in [0.2, 0.25) is 0 Å². The Hall–Kier alpha value is -3.53. The van der Waals surface area contributed by atoms with Gasteiger partial charge in [0.2, 0.25) is 0 Å². The van der Waals surface area contributed by atoms with Crippen LogP contribution in [0.4, 0.5) is 10.1 Å². The number of hydrogen-bond acceptors (Lipinski definition) is 6. The number of aromatic amines is 1. The highest BCUT2D eigenvalue weighted by Gasteiger charge is 2.25. The molecule has 0 bridgehead atoms. The third kappa shape index (κ3) is 7.06. The van der Waals surface area contributed by atoms with E-state index in [1.165, 1.54) is 5.56 Å². The Balaban J connectivity index is 1.47. The number of nitrogens with zero attached hydrogens (tertiary/aromatic N) is 2. The first-order valence-electron chi connectivity index (χ1n) is 15.9. The smallest absolute Gasteiger partial charge is 0.253 e. The second-order valence-electron chi connectivity index (χ2n) is 11.8. The Bertz CT molecular complexity index is 1510. The van der Waals surface area contributed by atoms with Gasteiger partial charge in [-0.15, -0.1) is 0 Å². The summed E-state index contributed by atoms with van der Waals surface area (Å²) in [5, 5.41) is 2.92. The fourth-order valence-corrected chi connectivity index (χ4v) is 6.36. The molecule has 236 valence electrons. The number of morpholine rings is 1. The number of H-pyrrole nitrogens is 1. The molecule has 2 N–H and O–H groups in total. The molecule has 0 aliphatic carbocycles. The monoisotopic (exact) mass is 604 g/mol. The Morgan fingerprint density at radius 2 is 1.68 bits per heavy atom. The highest BCUT2D eigenvalue weighted by Crippen LogP contribution is 2.34. The number of hydrogen-bond donors (Lipinski definition) is 2. The Labute approximate surface area is 259 Å². The number of benzene rings is 2. The highest BCUT2D eigenvalue weighted by atomic mass is 19.1. The minimum Gasteiger partial charge on any atom is -0.381 e. The molecule has 2 aromatic carbocycles. The summed E-state index contributed by atoms with van der Waals surface area (Å²) in [5.41, 5.74) is 6.06. The van der Waals surface area contributed by atoms with E-state index >= 15 is 0 Å². The molecule has 2 saturated heterocycles. The number of anilines is 1. The summed E-state index contributed by atoms with van der Waals surface area (Å²) in [6.07, 6.45) is 2.24. The van der Waals surface area contributed by atoms with Gasteiger partial charge in [0.15, 0.2) is 0 Å². The van der Waals surface area contributed by atoms with E-state index in [9.17, 15) is 14.0 Å². The van der Waals surface area contributed by atoms with E-state index in [0.717, 1.165) is 87.8 Å². The van der Waals surface area contributed by atoms with Crippen LogP contribution in [0.25, 0.3) is 11.1 Å². The molecule has 2 fully saturated rings. The molecule has 3 heterocycles. The van der Waals surface area contributed by atoms with Gasteiger partial charge in [0.1, 0.15) is 5.82 Å². The lowest BCUT2D eigenvalue weighted by molar-refractivity contribution is 0.0342. The van der Waals surface area contributed by atoms with Gasteiger partial charge in [-0.1, -0.05) is 31.2 Å². The summed E-state index contributed by atoms with van der Waals surface area (Å²) in [6, 6.07) is 13.0. The van der Waals surface area contributed by atoms with Crippen molar-refractivity contribution in [2.75, 3.05) is 51.0 Å². The van der Waals surface area contributed by atoms with Crippen molar-refractivity contribution in [3.8, 4) is 11.1 Å². The number of amides is 1. The third-order valence-corrected chi connectivity index (χ3v) is 9.07. The van der Waals surface area contributed by atoms with E-state index in [-0.39, 0.29) is 34.8 Å². The molecule has 2 aliphatic rings. The predicted molar refractivity (Wildman–Crippen MR) is 172 cm³/mol. The summed E-state index contributed by atoms with van der Waals surface area (Å²) >= 11 is 0. The first-order valence-corrected chi connectivity index (χ1v) is 15.9. The molecule has 0 unspecified atom stereocenters. The zero-order chi connectivity index (χ0) is 31.2. The number of rotatable bonds is 10. The van der Waals surface area contributed by atoms with Crippen LogP contribution in [0.3, 0.4) is 0 Å². The van der Waals surface area contributed by atoms with E-state index in [4.69, 9.17) is 9.47 Å². The average molecular weight is 605 g/mol. The molecule has 0 saturated carbocycles. The van der Waals surface area contributed by atoms with Gasteiger partial charge in [0, 0.05) is 68.8 Å². The summed E-state index contributed by atoms with van der Waals surface area (Å²) in [5.74, 6) is -0.722. The lowest BCUT2D eigenvalue weighted by Crippen LogP contribution is -2.40. The van der Waals surface area contributed by atoms with Gasteiger partial charge in [-0.25, -0.2) is 4.39 Å². The number of ether oxygens (including phenoxy) is 2. The van der Waals surface area contributed by atoms with Crippen LogP contribution in [-0.2, 0) is 29.0 Å². The number of nitrogens with one attached hydrogen (secondary N) is 2. The van der Waals surface area contributed by atoms with Gasteiger partial charge in [0.05, 0.1) is 18.9 Å². The van der Waals surface area contributed by atoms with Crippen LogP contribution in [-0.4, -0.2) is 67.9 Å². The first-order chi connectivity index (χ1) is 21.3. The standard InChI is InChI=1S/C35H45FN4O4/c1-5-31-33(36)24(4)30(35(42)38-31)21-37-34(41)29-19-27(20-32(23(29)3)40(6-2)28-11-15-43-16-12-28)26-9-7-25(8-10-26)22-39-13-17-44-18-14-39/h7-10,19-20,28H,5-6,11-18,21-22H2,1-4H3,(H,37,41)(H,38,42). The van der Waals surface area contributed by atoms with Gasteiger partial charge < -0.3 is 24.7 Å². The Morgan fingerprint density at radius 3 is 2.34 bits per heavy atom. The van der Waals surface area contributed by atoms with Crippen LogP contribution in [0.15, 0.2) is 41.2 Å². The van der Waals surface area contributed by atoms with E-state index < -0.39 is 5.82 Å². The number of carbonyl (C=O) groups is 1. The minimum absolute atomic E-state index is 0.0619. The number of aryl methyl sites for hydroxylation is 1. The van der Waals surface area contributed by atoms with E-state index in [1.54, 1.807) is 13.8 Å². The summed E-state index contributed by atoms with van der Waals surface area (Å²) in [4.78, 5) is 33.9. The largest absolute Gasteiger partial charge is 0.381 e. The Kier molecular flexibility index (Phi) is 10.5. The van der Waals surface area contributed by atoms with Crippen molar-refractivity contribution in [1.82, 2.24) is 15.2 Å². The zero-order valence-electron chi connectivity index (χ0n) is 26.4. The molecule has 0 spiro atoms. The van der Waals surface area contributed by atoms with Crippen molar-refractivity contribution in [2.24, 2.45) is 0 Å². The summed E-state index contributed by atoms with van der Waals surface area (Å²) in [7, 11) is 0. The van der Waals surface area contributed by atoms with E-state index in [2.05, 4.69) is 57.4 Å². The van der Waals surface area contributed by atoms with Crippen LogP contribution in [0.5, 0.6) is 0 Å². The van der Waals surface area contributed by atoms with Crippen LogP contribution < -0.4 is 15.8 Å². The van der Waals surface area contributed by atoms with Crippen molar-refractivity contribution in [3.63, 3.8) is 0 Å². The minimum atomic E-state index is -0.427. The maximum atomic E-state index is 14.8. The lowest BCUT2D eigenvalue weighted by atomic mass is 9.94. The molecular formula is C35H45FN4O4. The predicted octanol–water partition coefficient (Wildman–Crippen LogP) is 5.13. The first kappa shape index (κ1) is 31.9. The van der Waals surface area contributed by atoms with Gasteiger partial charge >= 0.3 is 0 Å². The van der Waals surface area contributed by atoms with Crippen molar-refractivity contribution >= 4 is 11.6 Å². The van der Waals surface area contributed by atoms with Crippen LogP contribution in [0, 0.1) is 19.7 Å². The highest BCUT2D eigenvalue weighted by molar-refractivity contribution is 5.99. The van der Waals surface area contributed by atoms with Crippen LogP contribution >= 0.6 is 0 Å². The summed E-state index contributed by atoms with van der Waals surface area (Å²) < 4.78 is 25.9. The molecule has 3 aromatic rings. The third-order valence-electron chi connectivity index (χ3n) is 9.07. The fraction of sp³-hybridized carbons (Fsp3) is 0.486. The van der Waals surface area contributed by atoms with Crippen molar-refractivity contribution in [2.45, 2.75) is 66.1 Å². The molecule has 8 nitrogen and oxygen atoms in total. The number of aromatic nitrogens is 1. The second kappa shape index (κ2) is 14.5. The van der Waals surface area contributed by atoms with Gasteiger partial charge in [0.25, 0.3) is 11.5 Å². The molecule has 0 atom stereocenters. The topological polar surface area (TPSA) is 86.9 Å². The van der Waals surface area contributed by atoms with Crippen LogP contribution in [0.1, 0.15) is 65.0 Å². The molecule has 9 heteroatoms. The number of halogens is 1. The summed E-state index contributed by atoms with van der Waals surface area (Å²) in [6.45, 7) is 14.0. The normalized spacial score (nSPS) is 16.2. The van der Waals surface area contributed by atoms with Gasteiger partial charge in [-0.05, 0) is 80.0 Å². The molecule has 0 radical (unpaired) electrons. The average Bonchev–Trinajstić information content (AvgIpc) is 3.05. The fourth-order valence-electron chi connectivity index (χ4n) is 6.36. The van der Waals surface area contributed by atoms with Crippen molar-refractivity contribution < 1.29 is 18.7 Å². The Morgan fingerprint density at radius 1 is 1.00 bits per heavy atom. The SMILES string of the molecule is CCc1[nH]c(=O)c(CNC(=O)c2cc(-c3ccc(CN4CCOCC4)cc3)cc(N(CC)C3CCOCC3)c2C)c(C)c1F. The number of pyridine rings is 1. The van der Waals surface area contributed by atoms with Gasteiger partial charge in [-0.3, -0.25) is 14.5 Å². The molecule has 2 aliphatic heterocycles. The molecule has 44 heavy (non-hydrogen) atoms. The molecular weight excluding hydrogens is 559 g/mol. The van der Waals surface area contributed by atoms with Crippen molar-refractivity contribution in [3.05, 3.63) is 86.1 Å². The van der Waals surface area contributed by atoms with E-state index in [1.807, 2.05) is 13.0 Å². The molecule has 1 amide bonds. The second-order valence-corrected chi connectivity index (χ2v) is 11.8. The maximum absolute atomic E-state index is 14.8. The van der Waals surface area contributed by atoms with Crippen molar-refractivity contribution in [1.29, 1.82) is 0 Å². The van der Waals surface area contributed by atoms with Gasteiger partial charge in [-0.2, -0.15) is 0 Å².